The van der Waals surface area contributed by atoms with Crippen molar-refractivity contribution in [2.75, 3.05) is 20.7 Å². The molecule has 0 aliphatic carbocycles. The van der Waals surface area contributed by atoms with Crippen LogP contribution in [0.4, 0.5) is 0 Å². The van der Waals surface area contributed by atoms with Gasteiger partial charge in [-0.25, -0.2) is 4.98 Å². The van der Waals surface area contributed by atoms with Gasteiger partial charge in [0.1, 0.15) is 5.82 Å². The van der Waals surface area contributed by atoms with Gasteiger partial charge in [0, 0.05) is 26.4 Å². The number of ether oxygens (including phenoxy) is 1. The molecule has 0 aliphatic heterocycles. The Labute approximate surface area is 112 Å². The molecule has 0 bridgehead atoms. The lowest BCUT2D eigenvalue weighted by molar-refractivity contribution is -0.140. The Bertz CT molecular complexity index is 430. The van der Waals surface area contributed by atoms with Crippen molar-refractivity contribution in [3.63, 3.8) is 0 Å². The van der Waals surface area contributed by atoms with Crippen LogP contribution < -0.4 is 0 Å². The smallest absolute Gasteiger partial charge is 0.305 e. The molecular formula is C12H20N4O3. The minimum Gasteiger partial charge on any atom is -0.469 e. The molecule has 1 aromatic rings. The average Bonchev–Trinajstić information content (AvgIpc) is 2.86. The predicted molar refractivity (Wildman–Crippen MR) is 68.6 cm³/mol. The highest BCUT2D eigenvalue weighted by Gasteiger charge is 2.17. The molecule has 7 heteroatoms. The fourth-order valence-electron chi connectivity index (χ4n) is 1.57. The molecule has 19 heavy (non-hydrogen) atoms. The summed E-state index contributed by atoms with van der Waals surface area (Å²) in [5.41, 5.74) is 0. The molecule has 1 heterocycles. The molecular weight excluding hydrogens is 248 g/mol. The third-order valence-electron chi connectivity index (χ3n) is 2.66. The summed E-state index contributed by atoms with van der Waals surface area (Å²) < 4.78 is 4.54. The maximum absolute atomic E-state index is 12.0. The number of carbonyl (C=O) groups is 2. The van der Waals surface area contributed by atoms with E-state index in [0.717, 1.165) is 12.8 Å². The van der Waals surface area contributed by atoms with Gasteiger partial charge in [0.05, 0.1) is 7.11 Å². The van der Waals surface area contributed by atoms with Gasteiger partial charge in [-0.05, 0) is 12.8 Å². The van der Waals surface area contributed by atoms with Crippen LogP contribution in [0.3, 0.4) is 0 Å². The van der Waals surface area contributed by atoms with E-state index in [0.29, 0.717) is 25.2 Å². The van der Waals surface area contributed by atoms with E-state index in [1.807, 2.05) is 6.92 Å². The van der Waals surface area contributed by atoms with Gasteiger partial charge in [-0.15, -0.1) is 5.10 Å². The molecule has 1 aromatic heterocycles. The van der Waals surface area contributed by atoms with Crippen molar-refractivity contribution in [3.05, 3.63) is 11.6 Å². The number of hydrogen-bond donors (Lipinski definition) is 1. The summed E-state index contributed by atoms with van der Waals surface area (Å²) in [6.07, 6.45) is 2.56. The SMILES string of the molecule is CCCc1nc(C(=O)N(C)CCCC(=O)OC)n[nH]1. The monoisotopic (exact) mass is 268 g/mol. The number of methoxy groups -OCH3 is 1. The third kappa shape index (κ3) is 4.69. The zero-order chi connectivity index (χ0) is 14.3. The van der Waals surface area contributed by atoms with Crippen LogP contribution in [-0.2, 0) is 16.0 Å². The zero-order valence-electron chi connectivity index (χ0n) is 11.6. The second-order valence-corrected chi connectivity index (χ2v) is 4.26. The Kier molecular flexibility index (Phi) is 5.98. The summed E-state index contributed by atoms with van der Waals surface area (Å²) >= 11 is 0. The first-order chi connectivity index (χ1) is 9.08. The van der Waals surface area contributed by atoms with Crippen molar-refractivity contribution in [2.24, 2.45) is 0 Å². The molecule has 0 radical (unpaired) electrons. The number of nitrogens with one attached hydrogen (secondary N) is 1. The standard InChI is InChI=1S/C12H20N4O3/c1-4-6-9-13-11(15-14-9)12(18)16(2)8-5-7-10(17)19-3/h4-8H2,1-3H3,(H,13,14,15). The van der Waals surface area contributed by atoms with Crippen molar-refractivity contribution >= 4 is 11.9 Å². The molecule has 0 fully saturated rings. The van der Waals surface area contributed by atoms with Crippen LogP contribution in [-0.4, -0.2) is 52.7 Å². The zero-order valence-corrected chi connectivity index (χ0v) is 11.6. The third-order valence-corrected chi connectivity index (χ3v) is 2.66. The number of aromatic nitrogens is 3. The summed E-state index contributed by atoms with van der Waals surface area (Å²) in [6.45, 7) is 2.49. The number of hydrogen-bond acceptors (Lipinski definition) is 5. The Morgan fingerprint density at radius 2 is 2.16 bits per heavy atom. The number of amides is 1. The molecule has 1 amide bonds. The molecule has 106 valence electrons. The van der Waals surface area contributed by atoms with E-state index in [9.17, 15) is 9.59 Å². The van der Waals surface area contributed by atoms with Gasteiger partial charge in [0.25, 0.3) is 5.91 Å². The molecule has 0 unspecified atom stereocenters. The lowest BCUT2D eigenvalue weighted by Gasteiger charge is -2.14. The minimum absolute atomic E-state index is 0.170. The van der Waals surface area contributed by atoms with Crippen LogP contribution >= 0.6 is 0 Å². The minimum atomic E-state index is -0.274. The van der Waals surface area contributed by atoms with Gasteiger partial charge in [0.2, 0.25) is 5.82 Å². The van der Waals surface area contributed by atoms with E-state index in [1.54, 1.807) is 7.05 Å². The van der Waals surface area contributed by atoms with E-state index in [-0.39, 0.29) is 17.7 Å². The fourth-order valence-corrected chi connectivity index (χ4v) is 1.57. The van der Waals surface area contributed by atoms with Gasteiger partial charge in [-0.2, -0.15) is 0 Å². The highest BCUT2D eigenvalue weighted by Crippen LogP contribution is 2.02. The Hall–Kier alpha value is -1.92. The number of H-pyrrole nitrogens is 1. The number of rotatable bonds is 7. The van der Waals surface area contributed by atoms with E-state index in [2.05, 4.69) is 19.9 Å². The van der Waals surface area contributed by atoms with E-state index in [4.69, 9.17) is 0 Å². The second kappa shape index (κ2) is 7.50. The second-order valence-electron chi connectivity index (χ2n) is 4.26. The van der Waals surface area contributed by atoms with Crippen molar-refractivity contribution < 1.29 is 14.3 Å². The van der Waals surface area contributed by atoms with Crippen molar-refractivity contribution in [3.8, 4) is 0 Å². The molecule has 0 aromatic carbocycles. The summed E-state index contributed by atoms with van der Waals surface area (Å²) in [5, 5.41) is 6.64. The Balaban J connectivity index is 2.44. The lowest BCUT2D eigenvalue weighted by Crippen LogP contribution is -2.29. The predicted octanol–water partition coefficient (Wildman–Crippen LogP) is 0.782. The molecule has 1 N–H and O–H groups in total. The Morgan fingerprint density at radius 1 is 1.42 bits per heavy atom. The van der Waals surface area contributed by atoms with Gasteiger partial charge in [0.15, 0.2) is 0 Å². The summed E-state index contributed by atoms with van der Waals surface area (Å²) in [6, 6.07) is 0. The van der Waals surface area contributed by atoms with Gasteiger partial charge >= 0.3 is 5.97 Å². The van der Waals surface area contributed by atoms with E-state index in [1.165, 1.54) is 12.0 Å². The Morgan fingerprint density at radius 3 is 2.79 bits per heavy atom. The summed E-state index contributed by atoms with van der Waals surface area (Å²) in [7, 11) is 3.01. The molecule has 0 atom stereocenters. The number of carbonyl (C=O) groups excluding carboxylic acids is 2. The largest absolute Gasteiger partial charge is 0.469 e. The summed E-state index contributed by atoms with van der Waals surface area (Å²) in [4.78, 5) is 28.6. The van der Waals surface area contributed by atoms with Crippen LogP contribution in [0.15, 0.2) is 0 Å². The first-order valence-corrected chi connectivity index (χ1v) is 6.32. The molecule has 0 saturated heterocycles. The quantitative estimate of drug-likeness (QED) is 0.738. The topological polar surface area (TPSA) is 88.2 Å². The fraction of sp³-hybridized carbons (Fsp3) is 0.667. The lowest BCUT2D eigenvalue weighted by atomic mass is 10.3. The number of nitrogens with zero attached hydrogens (tertiary/aromatic N) is 3. The molecule has 0 spiro atoms. The van der Waals surface area contributed by atoms with Crippen molar-refractivity contribution in [1.82, 2.24) is 20.1 Å². The normalized spacial score (nSPS) is 10.3. The molecule has 0 saturated carbocycles. The maximum Gasteiger partial charge on any atom is 0.305 e. The molecule has 0 aliphatic rings. The van der Waals surface area contributed by atoms with Crippen LogP contribution in [0.2, 0.25) is 0 Å². The number of aryl methyl sites for hydroxylation is 1. The van der Waals surface area contributed by atoms with Crippen molar-refractivity contribution in [2.45, 2.75) is 32.6 Å². The highest BCUT2D eigenvalue weighted by molar-refractivity contribution is 5.90. The summed E-state index contributed by atoms with van der Waals surface area (Å²) in [5.74, 6) is 0.366. The van der Waals surface area contributed by atoms with Crippen molar-refractivity contribution in [1.29, 1.82) is 0 Å². The van der Waals surface area contributed by atoms with Gasteiger partial charge < -0.3 is 9.64 Å². The van der Waals surface area contributed by atoms with Crippen LogP contribution in [0.1, 0.15) is 42.6 Å². The van der Waals surface area contributed by atoms with Crippen LogP contribution in [0.5, 0.6) is 0 Å². The van der Waals surface area contributed by atoms with Crippen LogP contribution in [0, 0.1) is 0 Å². The average molecular weight is 268 g/mol. The maximum atomic E-state index is 12.0. The van der Waals surface area contributed by atoms with Gasteiger partial charge in [-0.1, -0.05) is 6.92 Å². The van der Waals surface area contributed by atoms with E-state index < -0.39 is 0 Å². The number of aromatic amines is 1. The highest BCUT2D eigenvalue weighted by atomic mass is 16.5. The van der Waals surface area contributed by atoms with Crippen LogP contribution in [0.25, 0.3) is 0 Å². The van der Waals surface area contributed by atoms with E-state index >= 15 is 0 Å². The first-order valence-electron chi connectivity index (χ1n) is 6.32. The molecule has 7 nitrogen and oxygen atoms in total. The first kappa shape index (κ1) is 15.1. The number of esters is 1. The van der Waals surface area contributed by atoms with Gasteiger partial charge in [-0.3, -0.25) is 14.7 Å². The molecule has 1 rings (SSSR count).